The molecule has 0 radical (unpaired) electrons. The van der Waals surface area contributed by atoms with Crippen molar-refractivity contribution in [2.24, 2.45) is 0 Å². The minimum Gasteiger partial charge on any atom is -0.365 e. The van der Waals surface area contributed by atoms with Gasteiger partial charge in [-0.05, 0) is 25.8 Å². The molecular formula is C23H28F2N8O3S. The second-order valence-corrected chi connectivity index (χ2v) is 11.5. The summed E-state index contributed by atoms with van der Waals surface area (Å²) in [6.45, 7) is 3.74. The van der Waals surface area contributed by atoms with Crippen molar-refractivity contribution in [1.29, 1.82) is 0 Å². The zero-order chi connectivity index (χ0) is 26.5. The number of fused-ring (bicyclic) bond motifs is 1. The van der Waals surface area contributed by atoms with Crippen molar-refractivity contribution in [3.63, 3.8) is 0 Å². The number of aromatic nitrogens is 4. The lowest BCUT2D eigenvalue weighted by molar-refractivity contribution is 0.145. The zero-order valence-corrected chi connectivity index (χ0v) is 21.5. The van der Waals surface area contributed by atoms with Gasteiger partial charge in [0, 0.05) is 52.0 Å². The topological polar surface area (TPSA) is 116 Å². The zero-order valence-electron chi connectivity index (χ0n) is 20.7. The van der Waals surface area contributed by atoms with Crippen molar-refractivity contribution in [2.45, 2.75) is 36.6 Å². The lowest BCUT2D eigenvalue weighted by Gasteiger charge is -2.37. The Morgan fingerprint density at radius 3 is 2.35 bits per heavy atom. The summed E-state index contributed by atoms with van der Waals surface area (Å²) in [7, 11) is -0.476. The van der Waals surface area contributed by atoms with E-state index in [1.54, 1.807) is 29.5 Å². The molecule has 198 valence electrons. The van der Waals surface area contributed by atoms with Crippen molar-refractivity contribution < 1.29 is 22.0 Å². The van der Waals surface area contributed by atoms with Crippen LogP contribution in [0.3, 0.4) is 0 Å². The molecule has 1 aliphatic heterocycles. The van der Waals surface area contributed by atoms with Crippen LogP contribution in [0.5, 0.6) is 0 Å². The predicted molar refractivity (Wildman–Crippen MR) is 132 cm³/mol. The number of carbonyl (C=O) groups excluding carboxylic acids is 1. The summed E-state index contributed by atoms with van der Waals surface area (Å²) >= 11 is 0. The number of nitrogens with one attached hydrogen (secondary N) is 1. The van der Waals surface area contributed by atoms with Crippen molar-refractivity contribution in [1.82, 2.24) is 33.9 Å². The number of hydrogen-bond donors (Lipinski definition) is 1. The van der Waals surface area contributed by atoms with Crippen LogP contribution in [0.15, 0.2) is 35.7 Å². The molecule has 11 nitrogen and oxygen atoms in total. The maximum Gasteiger partial charge on any atom is 0.319 e. The fourth-order valence-electron chi connectivity index (χ4n) is 4.29. The normalized spacial score (nSPS) is 17.5. The third-order valence-corrected chi connectivity index (χ3v) is 8.29. The first-order chi connectivity index (χ1) is 17.5. The summed E-state index contributed by atoms with van der Waals surface area (Å²) < 4.78 is 57.0. The Balaban J connectivity index is 1.56. The molecule has 0 atom stereocenters. The predicted octanol–water partition coefficient (Wildman–Crippen LogP) is 2.36. The maximum absolute atomic E-state index is 13.3. The highest BCUT2D eigenvalue weighted by Gasteiger charge is 2.41. The molecule has 1 saturated heterocycles. The van der Waals surface area contributed by atoms with Gasteiger partial charge in [0.1, 0.15) is 16.3 Å². The Hall–Kier alpha value is -3.39. The molecule has 0 spiro atoms. The second-order valence-electron chi connectivity index (χ2n) is 9.84. The molecule has 3 aromatic rings. The third kappa shape index (κ3) is 4.94. The molecule has 0 unspecified atom stereocenters. The van der Waals surface area contributed by atoms with E-state index in [9.17, 15) is 22.0 Å². The quantitative estimate of drug-likeness (QED) is 0.516. The molecule has 4 heterocycles. The lowest BCUT2D eigenvalue weighted by atomic mass is 10.2. The van der Waals surface area contributed by atoms with E-state index in [4.69, 9.17) is 0 Å². The molecule has 1 aliphatic carbocycles. The van der Waals surface area contributed by atoms with Crippen LogP contribution in [-0.4, -0.2) is 89.4 Å². The molecule has 3 aromatic heterocycles. The Labute approximate surface area is 213 Å². The Morgan fingerprint density at radius 2 is 1.78 bits per heavy atom. The fourth-order valence-corrected chi connectivity index (χ4v) is 5.77. The number of rotatable bonds is 6. The van der Waals surface area contributed by atoms with Crippen LogP contribution in [0.4, 0.5) is 19.3 Å². The van der Waals surface area contributed by atoms with Crippen LogP contribution < -0.4 is 9.62 Å². The van der Waals surface area contributed by atoms with Crippen molar-refractivity contribution >= 4 is 27.4 Å². The summed E-state index contributed by atoms with van der Waals surface area (Å²) in [4.78, 5) is 30.1. The molecule has 2 amide bonds. The molecule has 14 heteroatoms. The van der Waals surface area contributed by atoms with Crippen molar-refractivity contribution in [3.8, 4) is 11.4 Å². The first-order valence-electron chi connectivity index (χ1n) is 11.8. The largest absolute Gasteiger partial charge is 0.365 e. The highest BCUT2D eigenvalue weighted by molar-refractivity contribution is 7.89. The van der Waals surface area contributed by atoms with Gasteiger partial charge < -0.3 is 14.7 Å². The Morgan fingerprint density at radius 1 is 1.08 bits per heavy atom. The van der Waals surface area contributed by atoms with Crippen LogP contribution in [-0.2, 0) is 10.0 Å². The number of halogens is 2. The maximum atomic E-state index is 13.3. The van der Waals surface area contributed by atoms with Crippen LogP contribution in [0.2, 0.25) is 0 Å². The number of anilines is 1. The molecule has 37 heavy (non-hydrogen) atoms. The van der Waals surface area contributed by atoms with Crippen LogP contribution in [0.25, 0.3) is 17.0 Å². The molecule has 5 rings (SSSR count). The molecule has 2 aliphatic rings. The van der Waals surface area contributed by atoms with Gasteiger partial charge >= 0.3 is 6.03 Å². The van der Waals surface area contributed by atoms with E-state index in [0.717, 1.165) is 19.0 Å². The van der Waals surface area contributed by atoms with Gasteiger partial charge in [0.15, 0.2) is 5.65 Å². The number of pyridine rings is 1. The number of urea groups is 1. The molecule has 0 aromatic carbocycles. The summed E-state index contributed by atoms with van der Waals surface area (Å²) in [6.07, 6.45) is 3.96. The standard InChI is InChI=1S/C23H28F2N8O3S/c1-23(4-5-23)29-37(35,36)15-10-18(31-6-8-32(9-7-31)22(34)30(2)3)21-28-13-19(33(21)14-15)16-11-27-17(12-26-16)20(24)25/h10-14,20,29H,4-9H2,1-3H3. The van der Waals surface area contributed by atoms with E-state index < -0.39 is 27.7 Å². The number of hydrogen-bond acceptors (Lipinski definition) is 7. The van der Waals surface area contributed by atoms with Crippen molar-refractivity contribution in [2.75, 3.05) is 45.2 Å². The number of carbonyl (C=O) groups is 1. The summed E-state index contributed by atoms with van der Waals surface area (Å²) in [5.74, 6) is 0. The average Bonchev–Trinajstić information content (AvgIpc) is 3.42. The minimum atomic E-state index is -3.87. The molecular weight excluding hydrogens is 506 g/mol. The molecule has 1 saturated carbocycles. The van der Waals surface area contributed by atoms with Gasteiger partial charge in [0.2, 0.25) is 10.0 Å². The van der Waals surface area contributed by atoms with E-state index in [1.807, 2.05) is 11.8 Å². The number of piperazine rings is 1. The van der Waals surface area contributed by atoms with Crippen LogP contribution in [0.1, 0.15) is 31.9 Å². The second kappa shape index (κ2) is 9.17. The van der Waals surface area contributed by atoms with Crippen LogP contribution >= 0.6 is 0 Å². The summed E-state index contributed by atoms with van der Waals surface area (Å²) in [6, 6.07) is 1.51. The molecule has 0 bridgehead atoms. The van der Waals surface area contributed by atoms with Gasteiger partial charge in [-0.25, -0.2) is 31.7 Å². The minimum absolute atomic E-state index is 0.0475. The van der Waals surface area contributed by atoms with Crippen LogP contribution in [0, 0.1) is 0 Å². The van der Waals surface area contributed by atoms with E-state index in [-0.39, 0.29) is 16.6 Å². The van der Waals surface area contributed by atoms with E-state index in [2.05, 4.69) is 19.7 Å². The highest BCUT2D eigenvalue weighted by Crippen LogP contribution is 2.37. The van der Waals surface area contributed by atoms with Gasteiger partial charge in [0.25, 0.3) is 6.43 Å². The van der Waals surface area contributed by atoms with Gasteiger partial charge in [-0.15, -0.1) is 0 Å². The fraction of sp³-hybridized carbons (Fsp3) is 0.478. The average molecular weight is 535 g/mol. The first-order valence-corrected chi connectivity index (χ1v) is 13.3. The number of nitrogens with zero attached hydrogens (tertiary/aromatic N) is 7. The highest BCUT2D eigenvalue weighted by atomic mass is 32.2. The van der Waals surface area contributed by atoms with E-state index >= 15 is 0 Å². The summed E-state index contributed by atoms with van der Waals surface area (Å²) in [5.41, 5.74) is 0.846. The van der Waals surface area contributed by atoms with E-state index in [0.29, 0.717) is 43.2 Å². The smallest absolute Gasteiger partial charge is 0.319 e. The first kappa shape index (κ1) is 25.3. The van der Waals surface area contributed by atoms with Crippen molar-refractivity contribution in [3.05, 3.63) is 36.5 Å². The lowest BCUT2D eigenvalue weighted by Crippen LogP contribution is -2.51. The van der Waals surface area contributed by atoms with Gasteiger partial charge in [0.05, 0.1) is 30.0 Å². The number of amides is 2. The van der Waals surface area contributed by atoms with E-state index in [1.165, 1.54) is 23.5 Å². The SMILES string of the molecule is CN(C)C(=O)N1CCN(c2cc(S(=O)(=O)NC3(C)CC3)cn3c(-c4cnc(C(F)F)cn4)cnc23)CC1. The number of imidazole rings is 1. The molecule has 2 fully saturated rings. The monoisotopic (exact) mass is 534 g/mol. The Kier molecular flexibility index (Phi) is 6.26. The Bertz CT molecular complexity index is 1430. The van der Waals surface area contributed by atoms with Gasteiger partial charge in [-0.2, -0.15) is 0 Å². The summed E-state index contributed by atoms with van der Waals surface area (Å²) in [5, 5.41) is 0. The number of alkyl halides is 2. The number of sulfonamides is 1. The molecule has 1 N–H and O–H groups in total. The van der Waals surface area contributed by atoms with Gasteiger partial charge in [-0.1, -0.05) is 0 Å². The third-order valence-electron chi connectivity index (χ3n) is 6.68. The van der Waals surface area contributed by atoms with Gasteiger partial charge in [-0.3, -0.25) is 14.4 Å².